The van der Waals surface area contributed by atoms with E-state index in [-0.39, 0.29) is 18.5 Å². The third-order valence-corrected chi connectivity index (χ3v) is 6.66. The maximum Gasteiger partial charge on any atom is 0.414 e. The zero-order valence-electron chi connectivity index (χ0n) is 17.7. The van der Waals surface area contributed by atoms with Gasteiger partial charge in [0.15, 0.2) is 0 Å². The van der Waals surface area contributed by atoms with Gasteiger partial charge in [0.2, 0.25) is 0 Å². The first kappa shape index (κ1) is 22.4. The molecule has 170 valence electrons. The van der Waals surface area contributed by atoms with Crippen molar-refractivity contribution in [1.29, 1.82) is 0 Å². The van der Waals surface area contributed by atoms with Gasteiger partial charge in [-0.2, -0.15) is 0 Å². The molecule has 10 heteroatoms. The van der Waals surface area contributed by atoms with Crippen LogP contribution in [0.4, 0.5) is 21.0 Å². The van der Waals surface area contributed by atoms with Crippen LogP contribution in [0.2, 0.25) is 4.34 Å². The lowest BCUT2D eigenvalue weighted by Crippen LogP contribution is -2.46. The molecule has 2 N–H and O–H groups in total. The second-order valence-electron chi connectivity index (χ2n) is 7.73. The van der Waals surface area contributed by atoms with Crippen LogP contribution < -0.4 is 20.4 Å². The number of halogens is 1. The summed E-state index contributed by atoms with van der Waals surface area (Å²) in [5.41, 5.74) is 2.61. The summed E-state index contributed by atoms with van der Waals surface area (Å²) < 4.78 is 6.00. The molecule has 2 aliphatic heterocycles. The molecule has 0 saturated carbocycles. The number of amides is 4. The Bertz CT molecular complexity index is 1030. The van der Waals surface area contributed by atoms with Crippen LogP contribution in [-0.4, -0.2) is 50.3 Å². The number of carbonyl (C=O) groups excluding carboxylic acids is 3. The summed E-state index contributed by atoms with van der Waals surface area (Å²) >= 11 is 7.08. The second kappa shape index (κ2) is 9.79. The highest BCUT2D eigenvalue weighted by atomic mass is 35.5. The van der Waals surface area contributed by atoms with Crippen LogP contribution in [-0.2, 0) is 11.2 Å². The van der Waals surface area contributed by atoms with Crippen LogP contribution in [0.1, 0.15) is 35.0 Å². The summed E-state index contributed by atoms with van der Waals surface area (Å²) in [5.74, 6) is -0.245. The molecule has 2 saturated heterocycles. The van der Waals surface area contributed by atoms with Gasteiger partial charge in [-0.05, 0) is 48.7 Å². The van der Waals surface area contributed by atoms with Crippen molar-refractivity contribution < 1.29 is 19.1 Å². The summed E-state index contributed by atoms with van der Waals surface area (Å²) in [6.45, 7) is 3.98. The Morgan fingerprint density at radius 1 is 1.28 bits per heavy atom. The average molecular weight is 477 g/mol. The van der Waals surface area contributed by atoms with E-state index < -0.39 is 12.2 Å². The standard InChI is InChI=1S/C22H25ClN4O4S/c1-2-4-14-11-15(5-6-17(14)26-10-3-9-24-21(26)29)27-13-16(31-22(27)30)12-25-20(28)18-7-8-19(23)32-18/h5-8,11,16H,2-4,9-10,12-13H2,1H3,(H,24,29)(H,25,28)/t16-/m0/s1. The van der Waals surface area contributed by atoms with E-state index >= 15 is 0 Å². The van der Waals surface area contributed by atoms with E-state index in [1.165, 1.54) is 11.3 Å². The van der Waals surface area contributed by atoms with Gasteiger partial charge in [0, 0.05) is 24.5 Å². The van der Waals surface area contributed by atoms with Gasteiger partial charge in [-0.3, -0.25) is 14.6 Å². The van der Waals surface area contributed by atoms with E-state index in [0.717, 1.165) is 36.2 Å². The van der Waals surface area contributed by atoms with E-state index in [9.17, 15) is 14.4 Å². The predicted molar refractivity (Wildman–Crippen MR) is 125 cm³/mol. The lowest BCUT2D eigenvalue weighted by Gasteiger charge is -2.30. The Kier molecular flexibility index (Phi) is 6.86. The maximum atomic E-state index is 12.5. The molecule has 8 nitrogen and oxygen atoms in total. The molecule has 0 radical (unpaired) electrons. The van der Waals surface area contributed by atoms with Gasteiger partial charge in [-0.25, -0.2) is 9.59 Å². The monoisotopic (exact) mass is 476 g/mol. The van der Waals surface area contributed by atoms with Crippen molar-refractivity contribution >= 4 is 52.3 Å². The number of anilines is 2. The highest BCUT2D eigenvalue weighted by molar-refractivity contribution is 7.18. The van der Waals surface area contributed by atoms with E-state index in [4.69, 9.17) is 16.3 Å². The van der Waals surface area contributed by atoms with Gasteiger partial charge in [0.25, 0.3) is 5.91 Å². The quantitative estimate of drug-likeness (QED) is 0.631. The summed E-state index contributed by atoms with van der Waals surface area (Å²) in [6, 6.07) is 8.93. The highest BCUT2D eigenvalue weighted by Gasteiger charge is 2.33. The van der Waals surface area contributed by atoms with Gasteiger partial charge < -0.3 is 15.4 Å². The fourth-order valence-corrected chi connectivity index (χ4v) is 4.86. The van der Waals surface area contributed by atoms with Gasteiger partial charge in [0.05, 0.1) is 22.3 Å². The molecule has 0 spiro atoms. The zero-order chi connectivity index (χ0) is 22.7. The molecule has 4 amide bonds. The number of benzene rings is 1. The molecule has 0 aliphatic carbocycles. The van der Waals surface area contributed by atoms with E-state index in [0.29, 0.717) is 28.8 Å². The Labute approximate surface area is 195 Å². The lowest BCUT2D eigenvalue weighted by atomic mass is 10.0. The molecule has 1 aromatic heterocycles. The van der Waals surface area contributed by atoms with Crippen molar-refractivity contribution in [2.45, 2.75) is 32.3 Å². The van der Waals surface area contributed by atoms with Crippen molar-refractivity contribution in [2.24, 2.45) is 0 Å². The SMILES string of the molecule is CCCc1cc(N2C[C@H](CNC(=O)c3ccc(Cl)s3)OC2=O)ccc1N1CCCNC1=O. The maximum absolute atomic E-state index is 12.5. The molecule has 2 fully saturated rings. The van der Waals surface area contributed by atoms with Crippen LogP contribution in [0.25, 0.3) is 0 Å². The van der Waals surface area contributed by atoms with Crippen molar-refractivity contribution in [2.75, 3.05) is 36.0 Å². The molecule has 2 aliphatic rings. The first-order valence-electron chi connectivity index (χ1n) is 10.7. The minimum absolute atomic E-state index is 0.0928. The zero-order valence-corrected chi connectivity index (χ0v) is 19.3. The number of hydrogen-bond donors (Lipinski definition) is 2. The fraction of sp³-hybridized carbons (Fsp3) is 0.409. The van der Waals surface area contributed by atoms with Gasteiger partial charge >= 0.3 is 12.1 Å². The molecule has 0 unspecified atom stereocenters. The largest absolute Gasteiger partial charge is 0.442 e. The number of nitrogens with zero attached hydrogens (tertiary/aromatic N) is 2. The molecule has 2 aromatic rings. The number of thiophene rings is 1. The number of carbonyl (C=O) groups is 3. The number of cyclic esters (lactones) is 1. The van der Waals surface area contributed by atoms with Crippen molar-refractivity contribution in [3.8, 4) is 0 Å². The average Bonchev–Trinajstić information content (AvgIpc) is 3.38. The first-order valence-corrected chi connectivity index (χ1v) is 11.9. The number of hydrogen-bond acceptors (Lipinski definition) is 5. The molecule has 1 aromatic carbocycles. The number of ether oxygens (including phenoxy) is 1. The van der Waals surface area contributed by atoms with Crippen molar-refractivity contribution in [1.82, 2.24) is 10.6 Å². The summed E-state index contributed by atoms with van der Waals surface area (Å²) in [6.07, 6.45) is 1.69. The molecule has 4 rings (SSSR count). The molecular weight excluding hydrogens is 452 g/mol. The smallest absolute Gasteiger partial charge is 0.414 e. The normalized spacial score (nSPS) is 18.5. The van der Waals surface area contributed by atoms with Gasteiger partial charge in [0.1, 0.15) is 6.10 Å². The Morgan fingerprint density at radius 2 is 2.12 bits per heavy atom. The van der Waals surface area contributed by atoms with Crippen LogP contribution >= 0.6 is 22.9 Å². The van der Waals surface area contributed by atoms with E-state index in [1.54, 1.807) is 21.9 Å². The molecule has 1 atom stereocenters. The molecule has 3 heterocycles. The third kappa shape index (κ3) is 4.83. The third-order valence-electron chi connectivity index (χ3n) is 5.43. The van der Waals surface area contributed by atoms with Crippen LogP contribution in [0.3, 0.4) is 0 Å². The summed E-state index contributed by atoms with van der Waals surface area (Å²) in [7, 11) is 0. The van der Waals surface area contributed by atoms with Gasteiger partial charge in [-0.15, -0.1) is 11.3 Å². The Morgan fingerprint density at radius 3 is 2.84 bits per heavy atom. The number of nitrogens with one attached hydrogen (secondary N) is 2. The first-order chi connectivity index (χ1) is 15.5. The van der Waals surface area contributed by atoms with Crippen LogP contribution in [0, 0.1) is 0 Å². The summed E-state index contributed by atoms with van der Waals surface area (Å²) in [5, 5.41) is 5.67. The number of rotatable bonds is 7. The van der Waals surface area contributed by atoms with E-state index in [1.807, 2.05) is 18.2 Å². The number of urea groups is 1. The molecule has 32 heavy (non-hydrogen) atoms. The second-order valence-corrected chi connectivity index (χ2v) is 9.45. The van der Waals surface area contributed by atoms with Crippen molar-refractivity contribution in [3.05, 3.63) is 45.1 Å². The van der Waals surface area contributed by atoms with Crippen LogP contribution in [0.5, 0.6) is 0 Å². The van der Waals surface area contributed by atoms with Crippen LogP contribution in [0.15, 0.2) is 30.3 Å². The topological polar surface area (TPSA) is 91.0 Å². The number of aryl methyl sites for hydroxylation is 1. The fourth-order valence-electron chi connectivity index (χ4n) is 3.90. The van der Waals surface area contributed by atoms with E-state index in [2.05, 4.69) is 17.6 Å². The molecular formula is C22H25ClN4O4S. The lowest BCUT2D eigenvalue weighted by molar-refractivity contribution is 0.0920. The summed E-state index contributed by atoms with van der Waals surface area (Å²) in [4.78, 5) is 40.9. The highest BCUT2D eigenvalue weighted by Crippen LogP contribution is 2.31. The van der Waals surface area contributed by atoms with Crippen molar-refractivity contribution in [3.63, 3.8) is 0 Å². The predicted octanol–water partition coefficient (Wildman–Crippen LogP) is 4.03. The molecule has 0 bridgehead atoms. The minimum atomic E-state index is -0.455. The Balaban J connectivity index is 1.44. The Hall–Kier alpha value is -2.78. The van der Waals surface area contributed by atoms with Gasteiger partial charge in [-0.1, -0.05) is 24.9 Å². The minimum Gasteiger partial charge on any atom is -0.442 e.